The predicted octanol–water partition coefficient (Wildman–Crippen LogP) is 5.79. The minimum Gasteiger partial charge on any atom is -0.313 e. The molecule has 0 unspecified atom stereocenters. The van der Waals surface area contributed by atoms with E-state index in [-0.39, 0.29) is 0 Å². The summed E-state index contributed by atoms with van der Waals surface area (Å²) in [7, 11) is 0. The van der Waals surface area contributed by atoms with Crippen LogP contribution in [0.3, 0.4) is 0 Å². The Labute approximate surface area is 141 Å². The van der Waals surface area contributed by atoms with E-state index in [9.17, 15) is 0 Å². The number of hydrogen-bond donors (Lipinski definition) is 1. The summed E-state index contributed by atoms with van der Waals surface area (Å²) in [5.41, 5.74) is 2.47. The Morgan fingerprint density at radius 2 is 1.71 bits per heavy atom. The predicted molar refractivity (Wildman–Crippen MR) is 94.5 cm³/mol. The Morgan fingerprint density at radius 1 is 1.00 bits per heavy atom. The molecule has 0 aliphatic heterocycles. The van der Waals surface area contributed by atoms with E-state index in [1.807, 2.05) is 24.3 Å². The molecule has 0 spiro atoms. The normalized spacial score (nSPS) is 10.8. The second-order valence-electron chi connectivity index (χ2n) is 4.86. The van der Waals surface area contributed by atoms with E-state index >= 15 is 0 Å². The van der Waals surface area contributed by atoms with Crippen LogP contribution in [0.4, 0.5) is 0 Å². The first-order valence-corrected chi connectivity index (χ1v) is 8.79. The molecule has 1 nitrogen and oxygen atoms in total. The highest BCUT2D eigenvalue weighted by molar-refractivity contribution is 7.98. The highest BCUT2D eigenvalue weighted by Gasteiger charge is 2.04. The number of hydrogen-bond acceptors (Lipinski definition) is 2. The molecular formula is C17H19Cl2NS. The third kappa shape index (κ3) is 5.55. The Kier molecular flexibility index (Phi) is 6.91. The summed E-state index contributed by atoms with van der Waals surface area (Å²) < 4.78 is 0. The molecule has 0 atom stereocenters. The molecule has 0 saturated carbocycles. The second-order valence-corrected chi connectivity index (χ2v) is 6.72. The summed E-state index contributed by atoms with van der Waals surface area (Å²) >= 11 is 14.0. The van der Waals surface area contributed by atoms with Crippen molar-refractivity contribution in [3.8, 4) is 0 Å². The fraction of sp³-hybridized carbons (Fsp3) is 0.294. The zero-order valence-corrected chi connectivity index (χ0v) is 14.4. The Balaban J connectivity index is 1.92. The summed E-state index contributed by atoms with van der Waals surface area (Å²) in [5, 5.41) is 4.98. The van der Waals surface area contributed by atoms with Crippen LogP contribution in [0.25, 0.3) is 0 Å². The average Bonchev–Trinajstić information content (AvgIpc) is 2.48. The summed E-state index contributed by atoms with van der Waals surface area (Å²) in [6, 6.07) is 14.2. The van der Waals surface area contributed by atoms with E-state index in [0.717, 1.165) is 40.2 Å². The molecule has 0 aliphatic rings. The first-order valence-electron chi connectivity index (χ1n) is 7.05. The van der Waals surface area contributed by atoms with E-state index in [0.29, 0.717) is 0 Å². The van der Waals surface area contributed by atoms with Crippen LogP contribution in [0.5, 0.6) is 0 Å². The lowest BCUT2D eigenvalue weighted by Crippen LogP contribution is -2.13. The molecule has 0 saturated heterocycles. The van der Waals surface area contributed by atoms with Gasteiger partial charge in [-0.1, -0.05) is 48.3 Å². The van der Waals surface area contributed by atoms with Crippen molar-refractivity contribution in [2.75, 3.05) is 6.54 Å². The lowest BCUT2D eigenvalue weighted by atomic mass is 10.2. The molecule has 0 aliphatic carbocycles. The van der Waals surface area contributed by atoms with Gasteiger partial charge in [-0.2, -0.15) is 0 Å². The Morgan fingerprint density at radius 3 is 2.38 bits per heavy atom. The van der Waals surface area contributed by atoms with Crippen molar-refractivity contribution in [3.05, 3.63) is 63.6 Å². The van der Waals surface area contributed by atoms with Gasteiger partial charge in [-0.25, -0.2) is 0 Å². The van der Waals surface area contributed by atoms with Crippen molar-refractivity contribution >= 4 is 35.0 Å². The van der Waals surface area contributed by atoms with Crippen LogP contribution in [0.1, 0.15) is 24.5 Å². The van der Waals surface area contributed by atoms with Gasteiger partial charge in [-0.3, -0.25) is 0 Å². The largest absolute Gasteiger partial charge is 0.313 e. The molecule has 0 heterocycles. The number of rotatable bonds is 7. The maximum Gasteiger partial charge on any atom is 0.0545 e. The first-order chi connectivity index (χ1) is 10.2. The SMILES string of the molecule is CCCNCc1ccc(SCc2ccc(Cl)cc2)c(Cl)c1. The van der Waals surface area contributed by atoms with Crippen LogP contribution in [-0.2, 0) is 12.3 Å². The van der Waals surface area contributed by atoms with Gasteiger partial charge in [0, 0.05) is 22.2 Å². The quantitative estimate of drug-likeness (QED) is 0.506. The number of benzene rings is 2. The molecule has 0 aromatic heterocycles. The molecule has 0 amide bonds. The summed E-state index contributed by atoms with van der Waals surface area (Å²) in [6.07, 6.45) is 1.14. The van der Waals surface area contributed by atoms with E-state index in [2.05, 4.69) is 30.4 Å². The lowest BCUT2D eigenvalue weighted by molar-refractivity contribution is 0.675. The van der Waals surface area contributed by atoms with Gasteiger partial charge in [0.2, 0.25) is 0 Å². The van der Waals surface area contributed by atoms with Crippen LogP contribution >= 0.6 is 35.0 Å². The second kappa shape index (κ2) is 8.70. The Bertz CT molecular complexity index is 570. The van der Waals surface area contributed by atoms with Crippen molar-refractivity contribution in [1.82, 2.24) is 5.32 Å². The molecule has 2 aromatic carbocycles. The molecule has 4 heteroatoms. The molecule has 21 heavy (non-hydrogen) atoms. The number of halogens is 2. The highest BCUT2D eigenvalue weighted by Crippen LogP contribution is 2.30. The molecule has 0 radical (unpaired) electrons. The molecule has 2 aromatic rings. The number of thioether (sulfide) groups is 1. The lowest BCUT2D eigenvalue weighted by Gasteiger charge is -2.08. The molecule has 112 valence electrons. The fourth-order valence-electron chi connectivity index (χ4n) is 1.92. The summed E-state index contributed by atoms with van der Waals surface area (Å²) in [5.74, 6) is 0.893. The average molecular weight is 340 g/mol. The highest BCUT2D eigenvalue weighted by atomic mass is 35.5. The maximum atomic E-state index is 6.36. The van der Waals surface area contributed by atoms with Crippen LogP contribution in [0.2, 0.25) is 10.0 Å². The molecule has 1 N–H and O–H groups in total. The number of nitrogens with one attached hydrogen (secondary N) is 1. The van der Waals surface area contributed by atoms with Gasteiger partial charge in [0.05, 0.1) is 5.02 Å². The molecule has 2 rings (SSSR count). The van der Waals surface area contributed by atoms with Gasteiger partial charge >= 0.3 is 0 Å². The smallest absolute Gasteiger partial charge is 0.0545 e. The minimum absolute atomic E-state index is 0.769. The minimum atomic E-state index is 0.769. The van der Waals surface area contributed by atoms with Crippen molar-refractivity contribution in [2.45, 2.75) is 30.5 Å². The van der Waals surface area contributed by atoms with Crippen molar-refractivity contribution in [3.63, 3.8) is 0 Å². The zero-order valence-electron chi connectivity index (χ0n) is 12.0. The standard InChI is InChI=1S/C17H19Cl2NS/c1-2-9-20-11-14-5-8-17(16(19)10-14)21-12-13-3-6-15(18)7-4-13/h3-8,10,20H,2,9,11-12H2,1H3. The Hall–Kier alpha value is -0.670. The van der Waals surface area contributed by atoms with Gasteiger partial charge in [0.1, 0.15) is 0 Å². The van der Waals surface area contributed by atoms with Gasteiger partial charge < -0.3 is 5.32 Å². The van der Waals surface area contributed by atoms with Crippen molar-refractivity contribution in [1.29, 1.82) is 0 Å². The van der Waals surface area contributed by atoms with Crippen LogP contribution in [-0.4, -0.2) is 6.54 Å². The van der Waals surface area contributed by atoms with Crippen LogP contribution < -0.4 is 5.32 Å². The zero-order chi connectivity index (χ0) is 15.1. The third-order valence-electron chi connectivity index (χ3n) is 3.06. The maximum absolute atomic E-state index is 6.36. The molecule has 0 bridgehead atoms. The van der Waals surface area contributed by atoms with E-state index in [1.54, 1.807) is 11.8 Å². The summed E-state index contributed by atoms with van der Waals surface area (Å²) in [4.78, 5) is 1.12. The van der Waals surface area contributed by atoms with Crippen molar-refractivity contribution < 1.29 is 0 Å². The van der Waals surface area contributed by atoms with Gasteiger partial charge in [0.15, 0.2) is 0 Å². The van der Waals surface area contributed by atoms with Gasteiger partial charge in [0.25, 0.3) is 0 Å². The molecular weight excluding hydrogens is 321 g/mol. The topological polar surface area (TPSA) is 12.0 Å². The third-order valence-corrected chi connectivity index (χ3v) is 4.88. The van der Waals surface area contributed by atoms with Crippen molar-refractivity contribution in [2.24, 2.45) is 0 Å². The van der Waals surface area contributed by atoms with Gasteiger partial charge in [-0.15, -0.1) is 11.8 Å². The van der Waals surface area contributed by atoms with E-state index in [4.69, 9.17) is 23.2 Å². The fourth-order valence-corrected chi connectivity index (χ4v) is 3.29. The monoisotopic (exact) mass is 339 g/mol. The van der Waals surface area contributed by atoms with E-state index in [1.165, 1.54) is 11.1 Å². The van der Waals surface area contributed by atoms with E-state index < -0.39 is 0 Å². The first kappa shape index (κ1) is 16.7. The van der Waals surface area contributed by atoms with Gasteiger partial charge in [-0.05, 0) is 48.4 Å². The van der Waals surface area contributed by atoms with Crippen LogP contribution in [0, 0.1) is 0 Å². The van der Waals surface area contributed by atoms with Crippen LogP contribution in [0.15, 0.2) is 47.4 Å². The summed E-state index contributed by atoms with van der Waals surface area (Å²) in [6.45, 7) is 4.07. The molecule has 0 fully saturated rings.